The van der Waals surface area contributed by atoms with Gasteiger partial charge in [-0.15, -0.1) is 0 Å². The van der Waals surface area contributed by atoms with Crippen LogP contribution in [-0.2, 0) is 6.42 Å². The lowest BCUT2D eigenvalue weighted by Crippen LogP contribution is -2.22. The van der Waals surface area contributed by atoms with E-state index >= 15 is 0 Å². The molecule has 1 rings (SSSR count). The lowest BCUT2D eigenvalue weighted by molar-refractivity contribution is 0.326. The average Bonchev–Trinajstić information content (AvgIpc) is 2.18. The molecule has 0 aromatic carbocycles. The van der Waals surface area contributed by atoms with Crippen molar-refractivity contribution in [3.05, 3.63) is 28.5 Å². The smallest absolute Gasteiger partial charge is 0.0413 e. The lowest BCUT2D eigenvalue weighted by Gasteiger charge is -2.23. The molecule has 2 nitrogen and oxygen atoms in total. The molecule has 0 aliphatic heterocycles. The summed E-state index contributed by atoms with van der Waals surface area (Å²) in [5, 5.41) is 3.19. The van der Waals surface area contributed by atoms with Gasteiger partial charge in [0.2, 0.25) is 0 Å². The minimum absolute atomic E-state index is 0.309. The molecule has 0 amide bonds. The van der Waals surface area contributed by atoms with E-state index in [0.29, 0.717) is 5.41 Å². The standard InChI is InChI=1S/C12H19BrN2/c1-12(2,6-7-14-3)8-11-5-4-10(13)9-15-11/h4-5,9,14H,6-8H2,1-3H3. The Balaban J connectivity index is 2.56. The summed E-state index contributed by atoms with van der Waals surface area (Å²) in [7, 11) is 1.99. The number of nitrogens with one attached hydrogen (secondary N) is 1. The van der Waals surface area contributed by atoms with Crippen molar-refractivity contribution in [1.82, 2.24) is 10.3 Å². The second-order valence-corrected chi connectivity index (χ2v) is 5.58. The van der Waals surface area contributed by atoms with Crippen LogP contribution in [0.25, 0.3) is 0 Å². The third-order valence-corrected chi connectivity index (χ3v) is 2.97. The van der Waals surface area contributed by atoms with Crippen molar-refractivity contribution in [3.8, 4) is 0 Å². The number of halogens is 1. The maximum atomic E-state index is 4.40. The van der Waals surface area contributed by atoms with Crippen molar-refractivity contribution in [3.63, 3.8) is 0 Å². The molecule has 1 aromatic rings. The van der Waals surface area contributed by atoms with E-state index in [2.05, 4.69) is 52.2 Å². The molecule has 0 bridgehead atoms. The second-order valence-electron chi connectivity index (χ2n) is 4.66. The van der Waals surface area contributed by atoms with Crippen LogP contribution in [0.4, 0.5) is 0 Å². The van der Waals surface area contributed by atoms with Gasteiger partial charge in [0.25, 0.3) is 0 Å². The Labute approximate surface area is 101 Å². The van der Waals surface area contributed by atoms with E-state index in [4.69, 9.17) is 0 Å². The molecule has 0 aliphatic carbocycles. The summed E-state index contributed by atoms with van der Waals surface area (Å²) in [6.07, 6.45) is 4.06. The summed E-state index contributed by atoms with van der Waals surface area (Å²) in [5.74, 6) is 0. The summed E-state index contributed by atoms with van der Waals surface area (Å²) >= 11 is 3.39. The van der Waals surface area contributed by atoms with E-state index in [1.54, 1.807) is 0 Å². The molecule has 84 valence electrons. The average molecular weight is 271 g/mol. The Hall–Kier alpha value is -0.410. The molecule has 0 aliphatic rings. The van der Waals surface area contributed by atoms with Crippen LogP contribution < -0.4 is 5.32 Å². The van der Waals surface area contributed by atoms with Crippen molar-refractivity contribution in [2.45, 2.75) is 26.7 Å². The van der Waals surface area contributed by atoms with Gasteiger partial charge >= 0.3 is 0 Å². The van der Waals surface area contributed by atoms with Gasteiger partial charge in [-0.2, -0.15) is 0 Å². The second kappa shape index (κ2) is 5.61. The molecule has 15 heavy (non-hydrogen) atoms. The van der Waals surface area contributed by atoms with Gasteiger partial charge in [0.15, 0.2) is 0 Å². The highest BCUT2D eigenvalue weighted by atomic mass is 79.9. The molecule has 0 spiro atoms. The summed E-state index contributed by atoms with van der Waals surface area (Å²) in [5.41, 5.74) is 1.48. The molecule has 1 N–H and O–H groups in total. The third kappa shape index (κ3) is 4.76. The van der Waals surface area contributed by atoms with Gasteiger partial charge in [-0.3, -0.25) is 4.98 Å². The Bertz CT molecular complexity index is 293. The van der Waals surface area contributed by atoms with Crippen LogP contribution in [0.1, 0.15) is 26.0 Å². The normalized spacial score (nSPS) is 11.7. The fourth-order valence-corrected chi connectivity index (χ4v) is 1.79. The van der Waals surface area contributed by atoms with Crippen LogP contribution in [0.5, 0.6) is 0 Å². The Kier molecular flexibility index (Phi) is 4.74. The molecule has 1 heterocycles. The van der Waals surface area contributed by atoms with Gasteiger partial charge < -0.3 is 5.32 Å². The van der Waals surface area contributed by atoms with E-state index in [0.717, 1.165) is 17.4 Å². The first-order chi connectivity index (χ1) is 7.03. The zero-order valence-electron chi connectivity index (χ0n) is 9.68. The molecule has 0 saturated carbocycles. The number of hydrogen-bond donors (Lipinski definition) is 1. The van der Waals surface area contributed by atoms with Crippen molar-refractivity contribution in [2.75, 3.05) is 13.6 Å². The zero-order valence-corrected chi connectivity index (χ0v) is 11.3. The first-order valence-corrected chi connectivity index (χ1v) is 6.08. The molecule has 1 aromatic heterocycles. The van der Waals surface area contributed by atoms with Crippen molar-refractivity contribution < 1.29 is 0 Å². The van der Waals surface area contributed by atoms with E-state index in [1.807, 2.05) is 13.2 Å². The molecule has 0 radical (unpaired) electrons. The highest BCUT2D eigenvalue weighted by molar-refractivity contribution is 9.10. The van der Waals surface area contributed by atoms with Crippen LogP contribution in [0.3, 0.4) is 0 Å². The highest BCUT2D eigenvalue weighted by Gasteiger charge is 2.18. The van der Waals surface area contributed by atoms with Crippen molar-refractivity contribution >= 4 is 15.9 Å². The summed E-state index contributed by atoms with van der Waals surface area (Å²) in [6.45, 7) is 5.63. The third-order valence-electron chi connectivity index (χ3n) is 2.50. The zero-order chi connectivity index (χ0) is 11.3. The van der Waals surface area contributed by atoms with E-state index in [-0.39, 0.29) is 0 Å². The first-order valence-electron chi connectivity index (χ1n) is 5.28. The fraction of sp³-hybridized carbons (Fsp3) is 0.583. The van der Waals surface area contributed by atoms with Gasteiger partial charge in [-0.25, -0.2) is 0 Å². The SMILES string of the molecule is CNCCC(C)(C)Cc1ccc(Br)cn1. The number of hydrogen-bond acceptors (Lipinski definition) is 2. The van der Waals surface area contributed by atoms with Gasteiger partial charge in [0.05, 0.1) is 0 Å². The van der Waals surface area contributed by atoms with Crippen LogP contribution in [0, 0.1) is 5.41 Å². The molecular formula is C12H19BrN2. The highest BCUT2D eigenvalue weighted by Crippen LogP contribution is 2.24. The summed E-state index contributed by atoms with van der Waals surface area (Å²) in [6, 6.07) is 4.14. The number of rotatable bonds is 5. The number of pyridine rings is 1. The van der Waals surface area contributed by atoms with Crippen molar-refractivity contribution in [2.24, 2.45) is 5.41 Å². The minimum Gasteiger partial charge on any atom is -0.320 e. The molecular weight excluding hydrogens is 252 g/mol. The fourth-order valence-electron chi connectivity index (χ4n) is 1.55. The topological polar surface area (TPSA) is 24.9 Å². The van der Waals surface area contributed by atoms with E-state index in [1.165, 1.54) is 12.1 Å². The Morgan fingerprint density at radius 2 is 2.13 bits per heavy atom. The number of aromatic nitrogens is 1. The van der Waals surface area contributed by atoms with E-state index in [9.17, 15) is 0 Å². The van der Waals surface area contributed by atoms with Crippen LogP contribution in [0.2, 0.25) is 0 Å². The molecule has 0 atom stereocenters. The van der Waals surface area contributed by atoms with Gasteiger partial charge in [-0.1, -0.05) is 13.8 Å². The summed E-state index contributed by atoms with van der Waals surface area (Å²) < 4.78 is 1.04. The minimum atomic E-state index is 0.309. The largest absolute Gasteiger partial charge is 0.320 e. The molecule has 0 fully saturated rings. The summed E-state index contributed by atoms with van der Waals surface area (Å²) in [4.78, 5) is 4.40. The predicted octanol–water partition coefficient (Wildman–Crippen LogP) is 3.02. The lowest BCUT2D eigenvalue weighted by atomic mass is 9.84. The first kappa shape index (κ1) is 12.7. The maximum absolute atomic E-state index is 4.40. The van der Waals surface area contributed by atoms with Gasteiger partial charge in [0.1, 0.15) is 0 Å². The quantitative estimate of drug-likeness (QED) is 0.890. The molecule has 3 heteroatoms. The molecule has 0 saturated heterocycles. The van der Waals surface area contributed by atoms with Crippen LogP contribution >= 0.6 is 15.9 Å². The van der Waals surface area contributed by atoms with Gasteiger partial charge in [0, 0.05) is 16.4 Å². The van der Waals surface area contributed by atoms with Crippen molar-refractivity contribution in [1.29, 1.82) is 0 Å². The monoisotopic (exact) mass is 270 g/mol. The maximum Gasteiger partial charge on any atom is 0.0413 e. The predicted molar refractivity (Wildman–Crippen MR) is 68.0 cm³/mol. The van der Waals surface area contributed by atoms with E-state index < -0.39 is 0 Å². The Morgan fingerprint density at radius 1 is 1.40 bits per heavy atom. The van der Waals surface area contributed by atoms with Crippen LogP contribution in [0.15, 0.2) is 22.8 Å². The number of nitrogens with zero attached hydrogens (tertiary/aromatic N) is 1. The van der Waals surface area contributed by atoms with Crippen LogP contribution in [-0.4, -0.2) is 18.6 Å². The molecule has 0 unspecified atom stereocenters. The Morgan fingerprint density at radius 3 is 2.67 bits per heavy atom. The van der Waals surface area contributed by atoms with Gasteiger partial charge in [-0.05, 0) is 59.9 Å².